The van der Waals surface area contributed by atoms with Crippen LogP contribution in [0.3, 0.4) is 0 Å². The van der Waals surface area contributed by atoms with E-state index < -0.39 is 5.91 Å². The van der Waals surface area contributed by atoms with Crippen molar-refractivity contribution in [2.24, 2.45) is 10.9 Å². The largest absolute Gasteiger partial charge is 0.391 e. The molecule has 0 aromatic heterocycles. The molecule has 0 saturated heterocycles. The maximum Gasteiger partial charge on any atom is 0.266 e. The van der Waals surface area contributed by atoms with E-state index in [0.29, 0.717) is 6.61 Å². The Morgan fingerprint density at radius 2 is 2.07 bits per heavy atom. The molecule has 0 unspecified atom stereocenters. The van der Waals surface area contributed by atoms with Gasteiger partial charge in [-0.15, -0.1) is 0 Å². The third kappa shape index (κ3) is 3.26. The maximum atomic E-state index is 10.6. The Morgan fingerprint density at radius 3 is 2.64 bits per heavy atom. The van der Waals surface area contributed by atoms with Gasteiger partial charge in [-0.1, -0.05) is 35.5 Å². The minimum Gasteiger partial charge on any atom is -0.391 e. The molecule has 4 nitrogen and oxygen atoms in total. The number of rotatable bonds is 4. The van der Waals surface area contributed by atoms with Gasteiger partial charge >= 0.3 is 0 Å². The molecule has 4 heteroatoms. The van der Waals surface area contributed by atoms with Crippen LogP contribution in [0.15, 0.2) is 35.5 Å². The second kappa shape index (κ2) is 5.01. The molecule has 74 valence electrons. The molecule has 1 amide bonds. The zero-order chi connectivity index (χ0) is 10.4. The standard InChI is InChI=1S/C10H12N2O2/c1-8(10(11)13)12-14-7-9-5-3-2-4-6-9/h2-6H,7H2,1H3,(H2,11,13)/b12-8-. The van der Waals surface area contributed by atoms with Crippen molar-refractivity contribution in [3.63, 3.8) is 0 Å². The molecule has 0 atom stereocenters. The molecular formula is C10H12N2O2. The van der Waals surface area contributed by atoms with Crippen molar-refractivity contribution in [2.45, 2.75) is 13.5 Å². The van der Waals surface area contributed by atoms with E-state index in [1.165, 1.54) is 6.92 Å². The Hall–Kier alpha value is -1.84. The average molecular weight is 192 g/mol. The lowest BCUT2D eigenvalue weighted by atomic mass is 10.2. The van der Waals surface area contributed by atoms with Crippen molar-refractivity contribution in [3.8, 4) is 0 Å². The van der Waals surface area contributed by atoms with Gasteiger partial charge in [0.05, 0.1) is 0 Å². The Labute approximate surface area is 82.4 Å². The normalized spacial score (nSPS) is 11.1. The van der Waals surface area contributed by atoms with Gasteiger partial charge in [-0.2, -0.15) is 0 Å². The van der Waals surface area contributed by atoms with Crippen LogP contribution in [0.1, 0.15) is 12.5 Å². The number of carbonyl (C=O) groups is 1. The van der Waals surface area contributed by atoms with Gasteiger partial charge in [0.15, 0.2) is 0 Å². The SMILES string of the molecule is C/C(=N/OCc1ccccc1)C(N)=O. The van der Waals surface area contributed by atoms with Crippen LogP contribution in [0.5, 0.6) is 0 Å². The Bertz CT molecular complexity index is 333. The number of amides is 1. The van der Waals surface area contributed by atoms with Crippen LogP contribution in [-0.2, 0) is 16.2 Å². The van der Waals surface area contributed by atoms with Gasteiger partial charge in [0.2, 0.25) is 0 Å². The highest BCUT2D eigenvalue weighted by Crippen LogP contribution is 2.00. The van der Waals surface area contributed by atoms with Crippen molar-refractivity contribution in [3.05, 3.63) is 35.9 Å². The summed E-state index contributed by atoms with van der Waals surface area (Å²) in [5, 5.41) is 3.56. The highest BCUT2D eigenvalue weighted by atomic mass is 16.6. The minimum atomic E-state index is -0.571. The number of hydrogen-bond donors (Lipinski definition) is 1. The number of oxime groups is 1. The zero-order valence-corrected chi connectivity index (χ0v) is 7.93. The summed E-state index contributed by atoms with van der Waals surface area (Å²) in [5.41, 5.74) is 6.13. The van der Waals surface area contributed by atoms with Gasteiger partial charge in [-0.3, -0.25) is 4.79 Å². The first kappa shape index (κ1) is 10.2. The molecule has 1 aromatic carbocycles. The van der Waals surface area contributed by atoms with Crippen LogP contribution in [0, 0.1) is 0 Å². The number of carbonyl (C=O) groups excluding carboxylic acids is 1. The van der Waals surface area contributed by atoms with Crippen molar-refractivity contribution in [2.75, 3.05) is 0 Å². The van der Waals surface area contributed by atoms with E-state index in [4.69, 9.17) is 10.6 Å². The summed E-state index contributed by atoms with van der Waals surface area (Å²) in [4.78, 5) is 15.5. The summed E-state index contributed by atoms with van der Waals surface area (Å²) >= 11 is 0. The van der Waals surface area contributed by atoms with Gasteiger partial charge in [0.25, 0.3) is 5.91 Å². The molecule has 0 heterocycles. The number of primary amides is 1. The van der Waals surface area contributed by atoms with Crippen molar-refractivity contribution in [1.29, 1.82) is 0 Å². The monoisotopic (exact) mass is 192 g/mol. The Kier molecular flexibility index (Phi) is 3.67. The Balaban J connectivity index is 2.43. The smallest absolute Gasteiger partial charge is 0.266 e. The van der Waals surface area contributed by atoms with Crippen LogP contribution in [0.2, 0.25) is 0 Å². The molecule has 14 heavy (non-hydrogen) atoms. The molecule has 1 aromatic rings. The zero-order valence-electron chi connectivity index (χ0n) is 7.93. The van der Waals surface area contributed by atoms with Gasteiger partial charge in [0.1, 0.15) is 12.3 Å². The maximum absolute atomic E-state index is 10.6. The molecule has 0 bridgehead atoms. The first-order chi connectivity index (χ1) is 6.70. The van der Waals surface area contributed by atoms with Crippen LogP contribution in [-0.4, -0.2) is 11.6 Å². The first-order valence-electron chi connectivity index (χ1n) is 4.20. The number of nitrogens with two attached hydrogens (primary N) is 1. The fourth-order valence-corrected chi connectivity index (χ4v) is 0.823. The van der Waals surface area contributed by atoms with E-state index in [1.54, 1.807) is 0 Å². The van der Waals surface area contributed by atoms with Gasteiger partial charge in [0, 0.05) is 0 Å². The molecule has 0 aliphatic rings. The average Bonchev–Trinajstić information content (AvgIpc) is 2.19. The highest BCUT2D eigenvalue weighted by Gasteiger charge is 1.98. The van der Waals surface area contributed by atoms with Crippen LogP contribution < -0.4 is 5.73 Å². The van der Waals surface area contributed by atoms with Crippen LogP contribution in [0.4, 0.5) is 0 Å². The molecule has 0 fully saturated rings. The van der Waals surface area contributed by atoms with E-state index in [1.807, 2.05) is 30.3 Å². The molecular weight excluding hydrogens is 180 g/mol. The lowest BCUT2D eigenvalue weighted by Crippen LogP contribution is -2.20. The van der Waals surface area contributed by atoms with E-state index in [-0.39, 0.29) is 5.71 Å². The second-order valence-corrected chi connectivity index (χ2v) is 2.80. The highest BCUT2D eigenvalue weighted by molar-refractivity contribution is 6.37. The third-order valence-electron chi connectivity index (χ3n) is 1.63. The minimum absolute atomic E-state index is 0.168. The lowest BCUT2D eigenvalue weighted by Gasteiger charge is -1.99. The second-order valence-electron chi connectivity index (χ2n) is 2.80. The molecule has 2 N–H and O–H groups in total. The molecule has 0 spiro atoms. The molecule has 0 radical (unpaired) electrons. The fraction of sp³-hybridized carbons (Fsp3) is 0.200. The summed E-state index contributed by atoms with van der Waals surface area (Å²) in [7, 11) is 0. The van der Waals surface area contributed by atoms with Crippen LogP contribution in [0.25, 0.3) is 0 Å². The van der Waals surface area contributed by atoms with E-state index >= 15 is 0 Å². The predicted molar refractivity (Wildman–Crippen MR) is 53.5 cm³/mol. The fourth-order valence-electron chi connectivity index (χ4n) is 0.823. The molecule has 0 aliphatic carbocycles. The number of benzene rings is 1. The molecule has 0 aliphatic heterocycles. The summed E-state index contributed by atoms with van der Waals surface area (Å²) < 4.78 is 0. The molecule has 1 rings (SSSR count). The molecule has 0 saturated carbocycles. The summed E-state index contributed by atoms with van der Waals surface area (Å²) in [6, 6.07) is 9.55. The third-order valence-corrected chi connectivity index (χ3v) is 1.63. The number of hydrogen-bond acceptors (Lipinski definition) is 3. The predicted octanol–water partition coefficient (Wildman–Crippen LogP) is 1.06. The van der Waals surface area contributed by atoms with Gasteiger partial charge in [-0.25, -0.2) is 0 Å². The van der Waals surface area contributed by atoms with Crippen molar-refractivity contribution in [1.82, 2.24) is 0 Å². The quantitative estimate of drug-likeness (QED) is 0.572. The summed E-state index contributed by atoms with van der Waals surface area (Å²) in [5.74, 6) is -0.571. The topological polar surface area (TPSA) is 64.7 Å². The van der Waals surface area contributed by atoms with E-state index in [9.17, 15) is 4.79 Å². The van der Waals surface area contributed by atoms with Gasteiger partial charge < -0.3 is 10.6 Å². The van der Waals surface area contributed by atoms with Crippen LogP contribution >= 0.6 is 0 Å². The van der Waals surface area contributed by atoms with E-state index in [0.717, 1.165) is 5.56 Å². The summed E-state index contributed by atoms with van der Waals surface area (Å²) in [6.45, 7) is 1.85. The van der Waals surface area contributed by atoms with E-state index in [2.05, 4.69) is 5.16 Å². The summed E-state index contributed by atoms with van der Waals surface area (Å²) in [6.07, 6.45) is 0. The lowest BCUT2D eigenvalue weighted by molar-refractivity contribution is -0.112. The Morgan fingerprint density at radius 1 is 1.43 bits per heavy atom. The first-order valence-corrected chi connectivity index (χ1v) is 4.20. The van der Waals surface area contributed by atoms with Gasteiger partial charge in [-0.05, 0) is 12.5 Å². The van der Waals surface area contributed by atoms with Crippen molar-refractivity contribution >= 4 is 11.6 Å². The van der Waals surface area contributed by atoms with Crippen molar-refractivity contribution < 1.29 is 9.63 Å². The number of nitrogens with zero attached hydrogens (tertiary/aromatic N) is 1.